The number of likely N-dealkylation sites (N-methyl/N-ethyl adjacent to an activating group) is 1. The average molecular weight is 266 g/mol. The summed E-state index contributed by atoms with van der Waals surface area (Å²) in [7, 11) is 1.52. The zero-order chi connectivity index (χ0) is 14.8. The van der Waals surface area contributed by atoms with Crippen LogP contribution in [0.15, 0.2) is 18.2 Å². The van der Waals surface area contributed by atoms with E-state index in [2.05, 4.69) is 0 Å². The van der Waals surface area contributed by atoms with Gasteiger partial charge in [-0.15, -0.1) is 0 Å². The van der Waals surface area contributed by atoms with Gasteiger partial charge in [-0.25, -0.2) is 0 Å². The third-order valence-corrected chi connectivity index (χ3v) is 3.18. The van der Waals surface area contributed by atoms with Crippen molar-refractivity contribution >= 4 is 11.6 Å². The second-order valence-electron chi connectivity index (χ2n) is 5.11. The summed E-state index contributed by atoms with van der Waals surface area (Å²) in [6.45, 7) is 4.91. The van der Waals surface area contributed by atoms with Crippen LogP contribution in [-0.2, 0) is 0 Å². The van der Waals surface area contributed by atoms with Gasteiger partial charge >= 0.3 is 0 Å². The molecule has 1 aromatic carbocycles. The maximum Gasteiger partial charge on any atom is 0.282 e. The van der Waals surface area contributed by atoms with Crippen LogP contribution in [0.2, 0.25) is 0 Å². The maximum absolute atomic E-state index is 12.3. The summed E-state index contributed by atoms with van der Waals surface area (Å²) in [4.78, 5) is 24.0. The lowest BCUT2D eigenvalue weighted by molar-refractivity contribution is -0.385. The molecule has 0 radical (unpaired) electrons. The van der Waals surface area contributed by atoms with E-state index in [1.165, 1.54) is 24.1 Å². The van der Waals surface area contributed by atoms with Crippen LogP contribution in [0.5, 0.6) is 0 Å². The fourth-order valence-electron chi connectivity index (χ4n) is 1.54. The fraction of sp³-hybridized carbons (Fsp3) is 0.462. The summed E-state index contributed by atoms with van der Waals surface area (Å²) in [6, 6.07) is 4.40. The lowest BCUT2D eigenvalue weighted by atomic mass is 10.0. The van der Waals surface area contributed by atoms with Gasteiger partial charge in [0.05, 0.1) is 17.1 Å². The first kappa shape index (κ1) is 15.1. The number of nitro groups is 1. The largest absolute Gasteiger partial charge is 0.394 e. The van der Waals surface area contributed by atoms with Crippen molar-refractivity contribution in [2.75, 3.05) is 13.7 Å². The Morgan fingerprint density at radius 2 is 2.05 bits per heavy atom. The van der Waals surface area contributed by atoms with Gasteiger partial charge in [-0.05, 0) is 32.4 Å². The molecule has 0 aromatic heterocycles. The van der Waals surface area contributed by atoms with Gasteiger partial charge in [0.2, 0.25) is 0 Å². The lowest BCUT2D eigenvalue weighted by Gasteiger charge is -2.33. The van der Waals surface area contributed by atoms with Crippen LogP contribution in [-0.4, -0.2) is 40.0 Å². The molecule has 0 saturated heterocycles. The van der Waals surface area contributed by atoms with Crippen molar-refractivity contribution in [1.82, 2.24) is 4.90 Å². The summed E-state index contributed by atoms with van der Waals surface area (Å²) in [5.74, 6) is -0.477. The average Bonchev–Trinajstić information content (AvgIpc) is 2.36. The third kappa shape index (κ3) is 3.08. The standard InChI is InChI=1S/C13H18N2O4/c1-9-5-6-11(15(18)19)10(7-9)12(17)14(4)13(2,3)8-16/h5-7,16H,8H2,1-4H3. The number of nitro benzene ring substituents is 1. The summed E-state index contributed by atoms with van der Waals surface area (Å²) < 4.78 is 0. The molecule has 104 valence electrons. The number of carbonyl (C=O) groups excluding carboxylic acids is 1. The molecular weight excluding hydrogens is 248 g/mol. The molecular formula is C13H18N2O4. The van der Waals surface area contributed by atoms with Crippen LogP contribution in [0.4, 0.5) is 5.69 Å². The number of nitrogens with zero attached hydrogens (tertiary/aromatic N) is 2. The van der Waals surface area contributed by atoms with Crippen molar-refractivity contribution in [2.24, 2.45) is 0 Å². The van der Waals surface area contributed by atoms with E-state index in [9.17, 15) is 20.0 Å². The quantitative estimate of drug-likeness (QED) is 0.664. The van der Waals surface area contributed by atoms with Crippen LogP contribution in [0, 0.1) is 17.0 Å². The summed E-state index contributed by atoms with van der Waals surface area (Å²) in [5.41, 5.74) is -0.205. The molecule has 0 heterocycles. The van der Waals surface area contributed by atoms with Gasteiger partial charge in [-0.1, -0.05) is 6.07 Å². The smallest absolute Gasteiger partial charge is 0.282 e. The highest BCUT2D eigenvalue weighted by Crippen LogP contribution is 2.24. The Labute approximate surface area is 111 Å². The molecule has 1 aromatic rings. The Morgan fingerprint density at radius 3 is 2.53 bits per heavy atom. The van der Waals surface area contributed by atoms with Crippen molar-refractivity contribution in [3.05, 3.63) is 39.4 Å². The minimum absolute atomic E-state index is 0.0361. The Bertz CT molecular complexity index is 511. The van der Waals surface area contributed by atoms with E-state index in [1.54, 1.807) is 26.8 Å². The number of amides is 1. The third-order valence-electron chi connectivity index (χ3n) is 3.18. The maximum atomic E-state index is 12.3. The summed E-state index contributed by atoms with van der Waals surface area (Å²) >= 11 is 0. The highest BCUT2D eigenvalue weighted by molar-refractivity contribution is 5.98. The normalized spacial score (nSPS) is 11.2. The minimum atomic E-state index is -0.783. The molecule has 1 N–H and O–H groups in total. The molecule has 1 rings (SSSR count). The highest BCUT2D eigenvalue weighted by atomic mass is 16.6. The zero-order valence-corrected chi connectivity index (χ0v) is 11.5. The van der Waals surface area contributed by atoms with Crippen LogP contribution in [0.25, 0.3) is 0 Å². The molecule has 6 nitrogen and oxygen atoms in total. The van der Waals surface area contributed by atoms with Crippen molar-refractivity contribution in [3.63, 3.8) is 0 Å². The van der Waals surface area contributed by atoms with Gasteiger partial charge in [0, 0.05) is 13.1 Å². The van der Waals surface area contributed by atoms with Crippen LogP contribution < -0.4 is 0 Å². The highest BCUT2D eigenvalue weighted by Gasteiger charge is 2.31. The molecule has 0 spiro atoms. The van der Waals surface area contributed by atoms with E-state index >= 15 is 0 Å². The molecule has 0 bridgehead atoms. The Hall–Kier alpha value is -1.95. The number of hydrogen-bond acceptors (Lipinski definition) is 4. The van der Waals surface area contributed by atoms with Crippen molar-refractivity contribution in [2.45, 2.75) is 26.3 Å². The first-order valence-corrected chi connectivity index (χ1v) is 5.85. The van der Waals surface area contributed by atoms with Gasteiger partial charge in [-0.2, -0.15) is 0 Å². The summed E-state index contributed by atoms with van der Waals surface area (Å²) in [5, 5.41) is 20.2. The zero-order valence-electron chi connectivity index (χ0n) is 11.5. The molecule has 6 heteroatoms. The molecule has 0 aliphatic heterocycles. The van der Waals surface area contributed by atoms with Crippen molar-refractivity contribution in [3.8, 4) is 0 Å². The van der Waals surface area contributed by atoms with Crippen LogP contribution >= 0.6 is 0 Å². The second-order valence-corrected chi connectivity index (χ2v) is 5.11. The van der Waals surface area contributed by atoms with Gasteiger partial charge in [0.15, 0.2) is 0 Å². The predicted molar refractivity (Wildman–Crippen MR) is 71.1 cm³/mol. The van der Waals surface area contributed by atoms with Gasteiger partial charge in [0.25, 0.3) is 11.6 Å². The number of carbonyl (C=O) groups is 1. The number of aliphatic hydroxyl groups excluding tert-OH is 1. The van der Waals surface area contributed by atoms with Crippen molar-refractivity contribution < 1.29 is 14.8 Å². The first-order valence-electron chi connectivity index (χ1n) is 5.85. The molecule has 0 unspecified atom stereocenters. The Balaban J connectivity index is 3.26. The van der Waals surface area contributed by atoms with Gasteiger partial charge in [0.1, 0.15) is 5.56 Å². The number of aliphatic hydroxyl groups is 1. The molecule has 0 fully saturated rings. The fourth-order valence-corrected chi connectivity index (χ4v) is 1.54. The second kappa shape index (κ2) is 5.36. The van der Waals surface area contributed by atoms with Gasteiger partial charge in [-0.3, -0.25) is 14.9 Å². The van der Waals surface area contributed by atoms with E-state index in [0.717, 1.165) is 5.56 Å². The van der Waals surface area contributed by atoms with E-state index in [1.807, 2.05) is 0 Å². The first-order chi connectivity index (χ1) is 8.70. The lowest BCUT2D eigenvalue weighted by Crippen LogP contribution is -2.47. The summed E-state index contributed by atoms with van der Waals surface area (Å²) in [6.07, 6.45) is 0. The monoisotopic (exact) mass is 266 g/mol. The van der Waals surface area contributed by atoms with Gasteiger partial charge < -0.3 is 10.0 Å². The van der Waals surface area contributed by atoms with E-state index in [0.29, 0.717) is 0 Å². The molecule has 0 atom stereocenters. The number of hydrogen-bond donors (Lipinski definition) is 1. The van der Waals surface area contributed by atoms with E-state index in [4.69, 9.17) is 0 Å². The van der Waals surface area contributed by atoms with E-state index in [-0.39, 0.29) is 17.9 Å². The van der Waals surface area contributed by atoms with Crippen LogP contribution in [0.3, 0.4) is 0 Å². The molecule has 1 amide bonds. The Morgan fingerprint density at radius 1 is 1.47 bits per heavy atom. The molecule has 0 aliphatic rings. The number of rotatable bonds is 4. The molecule has 0 saturated carbocycles. The SMILES string of the molecule is Cc1ccc([N+](=O)[O-])c(C(=O)N(C)C(C)(C)CO)c1. The predicted octanol–water partition coefficient (Wildman–Crippen LogP) is 1.75. The van der Waals surface area contributed by atoms with Crippen molar-refractivity contribution in [1.29, 1.82) is 0 Å². The Kier molecular flexibility index (Phi) is 4.26. The molecule has 19 heavy (non-hydrogen) atoms. The van der Waals surface area contributed by atoms with E-state index < -0.39 is 16.4 Å². The van der Waals surface area contributed by atoms with Crippen LogP contribution in [0.1, 0.15) is 29.8 Å². The molecule has 0 aliphatic carbocycles. The number of benzene rings is 1. The number of aryl methyl sites for hydroxylation is 1. The topological polar surface area (TPSA) is 83.7 Å². The minimum Gasteiger partial charge on any atom is -0.394 e.